The number of thiazole rings is 1. The van der Waals surface area contributed by atoms with Gasteiger partial charge in [-0.05, 0) is 49.8 Å². The second-order valence-electron chi connectivity index (χ2n) is 12.5. The zero-order valence-electron chi connectivity index (χ0n) is 22.8. The maximum Gasteiger partial charge on any atom is 0.272 e. The smallest absolute Gasteiger partial charge is 0.272 e. The largest absolute Gasteiger partial charge is 0.474 e. The number of rotatable bonds is 6. The van der Waals surface area contributed by atoms with E-state index < -0.39 is 5.54 Å². The van der Waals surface area contributed by atoms with Gasteiger partial charge >= 0.3 is 0 Å². The highest BCUT2D eigenvalue weighted by Gasteiger charge is 2.59. The summed E-state index contributed by atoms with van der Waals surface area (Å²) in [6.45, 7) is 12.0. The monoisotopic (exact) mass is 535 g/mol. The van der Waals surface area contributed by atoms with Gasteiger partial charge in [-0.15, -0.1) is 11.3 Å². The van der Waals surface area contributed by atoms with Gasteiger partial charge in [0.05, 0.1) is 5.51 Å². The number of amides is 1. The van der Waals surface area contributed by atoms with Crippen molar-refractivity contribution in [1.82, 2.24) is 24.6 Å². The number of carbonyl (C=O) groups excluding carboxylic acids is 1. The summed E-state index contributed by atoms with van der Waals surface area (Å²) in [5, 5.41) is 6.44. The molecule has 3 aromatic rings. The van der Waals surface area contributed by atoms with Gasteiger partial charge in [0.2, 0.25) is 5.88 Å². The lowest BCUT2D eigenvalue weighted by atomic mass is 9.82. The molecule has 202 valence electrons. The average Bonchev–Trinajstić information content (AvgIpc) is 3.36. The van der Waals surface area contributed by atoms with E-state index in [0.717, 1.165) is 48.7 Å². The number of aryl methyl sites for hydroxylation is 1. The van der Waals surface area contributed by atoms with Crippen LogP contribution >= 0.6 is 11.3 Å². The lowest BCUT2D eigenvalue weighted by Crippen LogP contribution is -2.38. The molecule has 1 saturated carbocycles. The third-order valence-electron chi connectivity index (χ3n) is 8.43. The van der Waals surface area contributed by atoms with E-state index in [2.05, 4.69) is 34.9 Å². The number of pyridine rings is 1. The van der Waals surface area contributed by atoms with E-state index in [9.17, 15) is 4.79 Å². The van der Waals surface area contributed by atoms with E-state index in [1.807, 2.05) is 43.3 Å². The third kappa shape index (κ3) is 4.80. The first-order valence-electron chi connectivity index (χ1n) is 13.4. The van der Waals surface area contributed by atoms with Crippen molar-refractivity contribution in [3.63, 3.8) is 0 Å². The average molecular weight is 536 g/mol. The molecule has 2 N–H and O–H groups in total. The molecule has 3 fully saturated rings. The maximum atomic E-state index is 13.3. The molecular formula is C28H37N7O2S. The molecule has 3 aromatic heterocycles. The zero-order valence-corrected chi connectivity index (χ0v) is 23.7. The lowest BCUT2D eigenvalue weighted by molar-refractivity contribution is 0.0740. The topological polar surface area (TPSA) is 102 Å². The highest BCUT2D eigenvalue weighted by molar-refractivity contribution is 7.07. The van der Waals surface area contributed by atoms with E-state index in [1.165, 1.54) is 11.3 Å². The van der Waals surface area contributed by atoms with Gasteiger partial charge in [0, 0.05) is 62.0 Å². The van der Waals surface area contributed by atoms with Gasteiger partial charge < -0.3 is 20.3 Å². The summed E-state index contributed by atoms with van der Waals surface area (Å²) in [5.41, 5.74) is 11.3. The van der Waals surface area contributed by atoms with Crippen LogP contribution in [0, 0.1) is 17.3 Å². The Bertz CT molecular complexity index is 1320. The molecule has 6 rings (SSSR count). The van der Waals surface area contributed by atoms with Crippen LogP contribution in [0.25, 0.3) is 11.4 Å². The number of anilines is 1. The van der Waals surface area contributed by atoms with Crippen molar-refractivity contribution in [3.05, 3.63) is 40.3 Å². The molecular weight excluding hydrogens is 498 g/mol. The summed E-state index contributed by atoms with van der Waals surface area (Å²) in [4.78, 5) is 26.8. The van der Waals surface area contributed by atoms with E-state index in [0.29, 0.717) is 41.9 Å². The standard InChI is InChI=1S/C28H37N7O2S/c1-27(2)6-8-34(9-7-27)23-10-17(28(3,4)29)11-24(31-23)37-25-18-13-35(14-19(18)25)26(36)22-12-20(32-33(22)5)21-15-38-16-30-21/h10-12,15-16,18-19,25H,6-9,13-14,29H2,1-5H3/t18-,19+,25-. The fraction of sp³-hybridized carbons (Fsp3) is 0.571. The normalized spacial score (nSPS) is 24.4. The first-order chi connectivity index (χ1) is 18.0. The number of carbonyl (C=O) groups is 1. The van der Waals surface area contributed by atoms with Crippen LogP contribution in [0.15, 0.2) is 29.1 Å². The van der Waals surface area contributed by atoms with Crippen molar-refractivity contribution in [3.8, 4) is 17.3 Å². The molecule has 2 aliphatic heterocycles. The molecule has 0 radical (unpaired) electrons. The van der Waals surface area contributed by atoms with Crippen LogP contribution in [0.1, 0.15) is 56.6 Å². The number of ether oxygens (including phenoxy) is 1. The molecule has 2 saturated heterocycles. The van der Waals surface area contributed by atoms with Gasteiger partial charge in [0.15, 0.2) is 0 Å². The van der Waals surface area contributed by atoms with Crippen molar-refractivity contribution in [1.29, 1.82) is 0 Å². The molecule has 0 unspecified atom stereocenters. The zero-order chi connectivity index (χ0) is 26.8. The molecule has 0 bridgehead atoms. The van der Waals surface area contributed by atoms with E-state index in [4.69, 9.17) is 15.5 Å². The third-order valence-corrected chi connectivity index (χ3v) is 9.01. The van der Waals surface area contributed by atoms with Crippen molar-refractivity contribution in [2.45, 2.75) is 52.2 Å². The summed E-state index contributed by atoms with van der Waals surface area (Å²) in [7, 11) is 1.81. The van der Waals surface area contributed by atoms with Crippen LogP contribution in [-0.4, -0.2) is 62.8 Å². The summed E-state index contributed by atoms with van der Waals surface area (Å²) < 4.78 is 8.11. The number of nitrogens with two attached hydrogens (primary N) is 1. The number of hydrogen-bond donors (Lipinski definition) is 1. The van der Waals surface area contributed by atoms with Crippen LogP contribution in [0.2, 0.25) is 0 Å². The van der Waals surface area contributed by atoms with E-state index in [-0.39, 0.29) is 12.0 Å². The van der Waals surface area contributed by atoms with Crippen LogP contribution in [0.3, 0.4) is 0 Å². The van der Waals surface area contributed by atoms with Crippen LogP contribution in [0.4, 0.5) is 5.82 Å². The Labute approximate surface area is 228 Å². The Kier molecular flexibility index (Phi) is 6.03. The first-order valence-corrected chi connectivity index (χ1v) is 14.4. The Morgan fingerprint density at radius 2 is 1.84 bits per heavy atom. The van der Waals surface area contributed by atoms with Gasteiger partial charge in [-0.25, -0.2) is 4.98 Å². The Hall–Kier alpha value is -2.98. The van der Waals surface area contributed by atoms with Gasteiger partial charge in [0.25, 0.3) is 5.91 Å². The second kappa shape index (κ2) is 9.05. The molecule has 3 aliphatic rings. The Morgan fingerprint density at radius 1 is 1.13 bits per heavy atom. The molecule has 1 aliphatic carbocycles. The van der Waals surface area contributed by atoms with Gasteiger partial charge in [-0.3, -0.25) is 9.48 Å². The molecule has 38 heavy (non-hydrogen) atoms. The molecule has 9 nitrogen and oxygen atoms in total. The molecule has 0 spiro atoms. The fourth-order valence-electron chi connectivity index (χ4n) is 5.67. The minimum Gasteiger partial charge on any atom is -0.474 e. The Balaban J connectivity index is 1.13. The summed E-state index contributed by atoms with van der Waals surface area (Å²) in [6.07, 6.45) is 2.35. The molecule has 1 amide bonds. The van der Waals surface area contributed by atoms with Crippen molar-refractivity contribution < 1.29 is 9.53 Å². The molecule has 10 heteroatoms. The second-order valence-corrected chi connectivity index (χ2v) is 13.2. The van der Waals surface area contributed by atoms with Crippen molar-refractivity contribution >= 4 is 23.1 Å². The predicted octanol–water partition coefficient (Wildman–Crippen LogP) is 3.91. The minimum absolute atomic E-state index is 0.00717. The highest BCUT2D eigenvalue weighted by atomic mass is 32.1. The Morgan fingerprint density at radius 3 is 2.47 bits per heavy atom. The van der Waals surface area contributed by atoms with Crippen LogP contribution < -0.4 is 15.4 Å². The number of fused-ring (bicyclic) bond motifs is 1. The summed E-state index contributed by atoms with van der Waals surface area (Å²) in [5.74, 6) is 2.23. The molecule has 5 heterocycles. The highest BCUT2D eigenvalue weighted by Crippen LogP contribution is 2.48. The molecule has 3 atom stereocenters. The van der Waals surface area contributed by atoms with Crippen molar-refractivity contribution in [2.75, 3.05) is 31.1 Å². The quantitative estimate of drug-likeness (QED) is 0.511. The van der Waals surface area contributed by atoms with Crippen molar-refractivity contribution in [2.24, 2.45) is 30.0 Å². The minimum atomic E-state index is -0.492. The lowest BCUT2D eigenvalue weighted by Gasteiger charge is -2.38. The van der Waals surface area contributed by atoms with Gasteiger partial charge in [-0.2, -0.15) is 10.1 Å². The van der Waals surface area contributed by atoms with Crippen LogP contribution in [-0.2, 0) is 12.6 Å². The number of likely N-dealkylation sites (tertiary alicyclic amines) is 1. The maximum absolute atomic E-state index is 13.3. The predicted molar refractivity (Wildman–Crippen MR) is 148 cm³/mol. The van der Waals surface area contributed by atoms with Gasteiger partial charge in [0.1, 0.15) is 29.0 Å². The van der Waals surface area contributed by atoms with Gasteiger partial charge in [-0.1, -0.05) is 13.8 Å². The first kappa shape index (κ1) is 25.3. The van der Waals surface area contributed by atoms with Crippen LogP contribution in [0.5, 0.6) is 5.88 Å². The summed E-state index contributed by atoms with van der Waals surface area (Å²) >= 11 is 1.52. The SMILES string of the molecule is Cn1nc(-c2cscn2)cc1C(=O)N1C[C@@H]2[C@H](C1)[C@@H]2Oc1cc(C(C)(C)N)cc(N2CCC(C)(C)CC2)n1. The number of piperidine rings is 2. The summed E-state index contributed by atoms with van der Waals surface area (Å²) in [6, 6.07) is 5.94. The fourth-order valence-corrected chi connectivity index (χ4v) is 6.22. The van der Waals surface area contributed by atoms with E-state index in [1.54, 1.807) is 10.2 Å². The number of aromatic nitrogens is 4. The number of nitrogens with zero attached hydrogens (tertiary/aromatic N) is 6. The van der Waals surface area contributed by atoms with E-state index >= 15 is 0 Å². The molecule has 0 aromatic carbocycles. The number of hydrogen-bond acceptors (Lipinski definition) is 8.